The summed E-state index contributed by atoms with van der Waals surface area (Å²) in [6, 6.07) is 14.0. The van der Waals surface area contributed by atoms with E-state index in [4.69, 9.17) is 4.18 Å². The van der Waals surface area contributed by atoms with E-state index in [0.717, 1.165) is 31.2 Å². The Kier molecular flexibility index (Phi) is 13.5. The number of benzene rings is 2. The third-order valence-corrected chi connectivity index (χ3v) is 7.52. The van der Waals surface area contributed by atoms with Crippen molar-refractivity contribution in [2.75, 3.05) is 7.11 Å². The van der Waals surface area contributed by atoms with Crippen molar-refractivity contribution < 1.29 is 22.1 Å². The van der Waals surface area contributed by atoms with E-state index in [9.17, 15) is 13.2 Å². The first-order chi connectivity index (χ1) is 16.9. The van der Waals surface area contributed by atoms with E-state index in [1.54, 1.807) is 36.4 Å². The van der Waals surface area contributed by atoms with Crippen molar-refractivity contribution in [2.45, 2.75) is 102 Å². The van der Waals surface area contributed by atoms with E-state index in [1.807, 2.05) is 19.1 Å². The van der Waals surface area contributed by atoms with Crippen LogP contribution in [0.2, 0.25) is 0 Å². The molecule has 0 N–H and O–H groups in total. The van der Waals surface area contributed by atoms with Crippen LogP contribution in [0.15, 0.2) is 53.4 Å². The predicted octanol–water partition coefficient (Wildman–Crippen LogP) is 7.55. The van der Waals surface area contributed by atoms with Crippen molar-refractivity contribution in [3.8, 4) is 5.75 Å². The third kappa shape index (κ3) is 12.3. The van der Waals surface area contributed by atoms with E-state index in [-0.39, 0.29) is 10.9 Å². The molecular formula is C29H42O5S. The van der Waals surface area contributed by atoms with Gasteiger partial charge >= 0.3 is 16.1 Å². The molecule has 2 aromatic rings. The fourth-order valence-corrected chi connectivity index (χ4v) is 4.99. The van der Waals surface area contributed by atoms with Crippen molar-refractivity contribution in [3.05, 3.63) is 59.7 Å². The largest absolute Gasteiger partial charge is 0.469 e. The first-order valence-corrected chi connectivity index (χ1v) is 14.5. The molecule has 2 aromatic carbocycles. The average molecular weight is 503 g/mol. The zero-order valence-electron chi connectivity index (χ0n) is 21.5. The zero-order chi connectivity index (χ0) is 25.4. The predicted molar refractivity (Wildman–Crippen MR) is 141 cm³/mol. The van der Waals surface area contributed by atoms with Gasteiger partial charge in [-0.1, -0.05) is 94.0 Å². The second kappa shape index (κ2) is 16.4. The molecule has 0 spiro atoms. The summed E-state index contributed by atoms with van der Waals surface area (Å²) >= 11 is 0. The van der Waals surface area contributed by atoms with Gasteiger partial charge in [-0.15, -0.1) is 0 Å². The molecule has 0 saturated heterocycles. The van der Waals surface area contributed by atoms with Crippen LogP contribution in [0, 0.1) is 6.92 Å². The highest BCUT2D eigenvalue weighted by molar-refractivity contribution is 7.87. The van der Waals surface area contributed by atoms with Crippen LogP contribution in [0.1, 0.15) is 94.6 Å². The number of rotatable bonds is 18. The van der Waals surface area contributed by atoms with Gasteiger partial charge in [0.2, 0.25) is 0 Å². The Bertz CT molecular complexity index is 950. The Hall–Kier alpha value is -2.34. The first-order valence-electron chi connectivity index (χ1n) is 13.1. The van der Waals surface area contributed by atoms with Crippen LogP contribution in [-0.2, 0) is 26.1 Å². The molecule has 2 rings (SSSR count). The van der Waals surface area contributed by atoms with Crippen LogP contribution < -0.4 is 4.18 Å². The Labute approximate surface area is 212 Å². The summed E-state index contributed by atoms with van der Waals surface area (Å²) in [4.78, 5) is 11.2. The van der Waals surface area contributed by atoms with Gasteiger partial charge in [0.1, 0.15) is 10.6 Å². The van der Waals surface area contributed by atoms with Crippen molar-refractivity contribution in [1.82, 2.24) is 0 Å². The molecule has 5 nitrogen and oxygen atoms in total. The van der Waals surface area contributed by atoms with E-state index >= 15 is 0 Å². The molecule has 0 unspecified atom stereocenters. The minimum absolute atomic E-state index is 0.0975. The number of esters is 1. The number of unbranched alkanes of at least 4 members (excludes halogenated alkanes) is 11. The smallest absolute Gasteiger partial charge is 0.339 e. The van der Waals surface area contributed by atoms with Gasteiger partial charge in [0.25, 0.3) is 0 Å². The summed E-state index contributed by atoms with van der Waals surface area (Å²) in [5.74, 6) is 0.246. The maximum absolute atomic E-state index is 12.4. The third-order valence-electron chi connectivity index (χ3n) is 6.26. The number of methoxy groups -OCH3 is 1. The highest BCUT2D eigenvalue weighted by Crippen LogP contribution is 2.21. The average Bonchev–Trinajstić information content (AvgIpc) is 2.85. The zero-order valence-corrected chi connectivity index (χ0v) is 22.3. The van der Waals surface area contributed by atoms with E-state index in [0.29, 0.717) is 12.2 Å². The maximum Gasteiger partial charge on any atom is 0.339 e. The monoisotopic (exact) mass is 502 g/mol. The van der Waals surface area contributed by atoms with Crippen LogP contribution in [0.5, 0.6) is 5.75 Å². The highest BCUT2D eigenvalue weighted by Gasteiger charge is 2.16. The van der Waals surface area contributed by atoms with E-state index in [1.165, 1.54) is 70.5 Å². The highest BCUT2D eigenvalue weighted by atomic mass is 32.2. The summed E-state index contributed by atoms with van der Waals surface area (Å²) in [7, 11) is -2.36. The number of aryl methyl sites for hydroxylation is 2. The molecule has 194 valence electrons. The summed E-state index contributed by atoms with van der Waals surface area (Å²) in [5.41, 5.74) is 2.21. The number of carbonyl (C=O) groups is 1. The summed E-state index contributed by atoms with van der Waals surface area (Å²) in [6.45, 7) is 1.92. The van der Waals surface area contributed by atoms with Crippen LogP contribution in [0.25, 0.3) is 0 Å². The van der Waals surface area contributed by atoms with Crippen LogP contribution in [0.3, 0.4) is 0 Å². The fourth-order valence-electron chi connectivity index (χ4n) is 4.06. The minimum atomic E-state index is -3.80. The molecule has 35 heavy (non-hydrogen) atoms. The maximum atomic E-state index is 12.4. The van der Waals surface area contributed by atoms with Crippen molar-refractivity contribution >= 4 is 16.1 Å². The molecule has 0 atom stereocenters. The van der Waals surface area contributed by atoms with Gasteiger partial charge in [0.15, 0.2) is 0 Å². The molecule has 0 bridgehead atoms. The molecule has 0 radical (unpaired) electrons. The van der Waals surface area contributed by atoms with Crippen molar-refractivity contribution in [1.29, 1.82) is 0 Å². The second-order valence-corrected chi connectivity index (χ2v) is 10.9. The topological polar surface area (TPSA) is 69.7 Å². The van der Waals surface area contributed by atoms with E-state index in [2.05, 4.69) is 4.74 Å². The van der Waals surface area contributed by atoms with E-state index < -0.39 is 10.1 Å². The minimum Gasteiger partial charge on any atom is -0.469 e. The van der Waals surface area contributed by atoms with Crippen LogP contribution >= 0.6 is 0 Å². The molecule has 0 aliphatic carbocycles. The van der Waals surface area contributed by atoms with Gasteiger partial charge in [0, 0.05) is 6.42 Å². The molecule has 0 saturated carbocycles. The molecular weight excluding hydrogens is 460 g/mol. The standard InChI is InChI=1S/C29H42O5S/c1-25-17-23-28(24-18-25)35(31,32)34-27-21-19-26(20-22-27)15-13-11-9-7-5-3-4-6-8-10-12-14-16-29(30)33-2/h17-24H,3-16H2,1-2H3. The molecule has 0 amide bonds. The molecule has 6 heteroatoms. The van der Waals surface area contributed by atoms with Crippen molar-refractivity contribution in [2.24, 2.45) is 0 Å². The lowest BCUT2D eigenvalue weighted by molar-refractivity contribution is -0.140. The lowest BCUT2D eigenvalue weighted by Crippen LogP contribution is -2.09. The molecule has 0 fully saturated rings. The van der Waals surface area contributed by atoms with Gasteiger partial charge in [-0.25, -0.2) is 0 Å². The summed E-state index contributed by atoms with van der Waals surface area (Å²) < 4.78 is 34.7. The SMILES string of the molecule is COC(=O)CCCCCCCCCCCCCCc1ccc(OS(=O)(=O)c2ccc(C)cc2)cc1. The van der Waals surface area contributed by atoms with Gasteiger partial charge in [-0.2, -0.15) is 8.42 Å². The molecule has 0 heterocycles. The lowest BCUT2D eigenvalue weighted by Gasteiger charge is -2.08. The number of hydrogen-bond acceptors (Lipinski definition) is 5. The van der Waals surface area contributed by atoms with Crippen LogP contribution in [0.4, 0.5) is 0 Å². The van der Waals surface area contributed by atoms with Crippen LogP contribution in [-0.4, -0.2) is 21.5 Å². The second-order valence-electron chi connectivity index (χ2n) is 9.31. The fraction of sp³-hybridized carbons (Fsp3) is 0.552. The summed E-state index contributed by atoms with van der Waals surface area (Å²) in [5, 5.41) is 0. The number of hydrogen-bond donors (Lipinski definition) is 0. The van der Waals surface area contributed by atoms with Gasteiger partial charge in [-0.05, 0) is 56.0 Å². The normalized spacial score (nSPS) is 11.4. The van der Waals surface area contributed by atoms with Gasteiger partial charge in [0.05, 0.1) is 7.11 Å². The van der Waals surface area contributed by atoms with Gasteiger partial charge < -0.3 is 8.92 Å². The quantitative estimate of drug-likeness (QED) is 0.120. The number of carbonyl (C=O) groups excluding carboxylic acids is 1. The number of ether oxygens (including phenoxy) is 1. The summed E-state index contributed by atoms with van der Waals surface area (Å²) in [6.07, 6.45) is 16.3. The molecule has 0 aromatic heterocycles. The molecule has 0 aliphatic heterocycles. The Morgan fingerprint density at radius 1 is 0.686 bits per heavy atom. The Morgan fingerprint density at radius 2 is 1.17 bits per heavy atom. The lowest BCUT2D eigenvalue weighted by atomic mass is 10.0. The van der Waals surface area contributed by atoms with Crippen molar-refractivity contribution in [3.63, 3.8) is 0 Å². The Morgan fingerprint density at radius 3 is 1.69 bits per heavy atom. The Balaban J connectivity index is 1.48. The first kappa shape index (κ1) is 28.9. The molecule has 0 aliphatic rings. The van der Waals surface area contributed by atoms with Gasteiger partial charge in [-0.3, -0.25) is 4.79 Å².